The Kier molecular flexibility index (Phi) is 5.69. The van der Waals surface area contributed by atoms with Crippen LogP contribution in [0.25, 0.3) is 22.3 Å². The number of aromatic nitrogens is 4. The van der Waals surface area contributed by atoms with E-state index in [4.69, 9.17) is 9.97 Å². The second kappa shape index (κ2) is 9.14. The molecule has 1 saturated heterocycles. The molecule has 9 heteroatoms. The van der Waals surface area contributed by atoms with Crippen molar-refractivity contribution in [2.75, 3.05) is 36.4 Å². The van der Waals surface area contributed by atoms with E-state index in [1.54, 1.807) is 24.5 Å². The number of anilines is 3. The van der Waals surface area contributed by atoms with Gasteiger partial charge in [0, 0.05) is 43.0 Å². The first-order valence-corrected chi connectivity index (χ1v) is 12.0. The maximum atomic E-state index is 14.2. The molecule has 0 atom stereocenters. The van der Waals surface area contributed by atoms with Gasteiger partial charge in [-0.2, -0.15) is 0 Å². The zero-order valence-corrected chi connectivity index (χ0v) is 19.1. The van der Waals surface area contributed by atoms with Gasteiger partial charge in [0.15, 0.2) is 5.82 Å². The fourth-order valence-corrected chi connectivity index (χ4v) is 4.59. The highest BCUT2D eigenvalue weighted by atomic mass is 19.1. The number of benzene rings is 1. The lowest BCUT2D eigenvalue weighted by Gasteiger charge is -2.24. The van der Waals surface area contributed by atoms with Gasteiger partial charge in [0.05, 0.1) is 11.7 Å². The fraction of sp³-hybridized carbons (Fsp3) is 0.308. The SMILES string of the molecule is Fc1cccc(F)c1Nc1cc(-c2nc(N3CCCNCC3)c3c(C4CC4)cncc3n2)ccn1. The molecule has 2 N–H and O–H groups in total. The van der Waals surface area contributed by atoms with Crippen molar-refractivity contribution in [3.8, 4) is 11.4 Å². The van der Waals surface area contributed by atoms with Gasteiger partial charge in [-0.15, -0.1) is 0 Å². The third-order valence-corrected chi connectivity index (χ3v) is 6.51. The van der Waals surface area contributed by atoms with Crippen LogP contribution >= 0.6 is 0 Å². The van der Waals surface area contributed by atoms with Crippen LogP contribution in [0.4, 0.5) is 26.1 Å². The molecule has 2 fully saturated rings. The number of halogens is 2. The average Bonchev–Trinajstić information content (AvgIpc) is 3.73. The highest BCUT2D eigenvalue weighted by Crippen LogP contribution is 2.44. The Morgan fingerprint density at radius 3 is 2.69 bits per heavy atom. The van der Waals surface area contributed by atoms with E-state index in [9.17, 15) is 8.78 Å². The number of fused-ring (bicyclic) bond motifs is 1. The summed E-state index contributed by atoms with van der Waals surface area (Å²) in [6, 6.07) is 7.24. The number of hydrogen-bond acceptors (Lipinski definition) is 7. The number of nitrogens with one attached hydrogen (secondary N) is 2. The fourth-order valence-electron chi connectivity index (χ4n) is 4.59. The summed E-state index contributed by atoms with van der Waals surface area (Å²) in [5, 5.41) is 7.29. The Labute approximate surface area is 201 Å². The number of hydrogen-bond donors (Lipinski definition) is 2. The predicted octanol–water partition coefficient (Wildman–Crippen LogP) is 4.79. The van der Waals surface area contributed by atoms with Crippen molar-refractivity contribution in [2.45, 2.75) is 25.2 Å². The van der Waals surface area contributed by atoms with Crippen molar-refractivity contribution >= 4 is 28.2 Å². The molecule has 3 aromatic heterocycles. The van der Waals surface area contributed by atoms with E-state index in [1.807, 2.05) is 6.20 Å². The second-order valence-corrected chi connectivity index (χ2v) is 9.01. The van der Waals surface area contributed by atoms with Crippen molar-refractivity contribution in [1.29, 1.82) is 0 Å². The van der Waals surface area contributed by atoms with E-state index in [0.29, 0.717) is 23.1 Å². The minimum atomic E-state index is -0.685. The Hall–Kier alpha value is -3.72. The largest absolute Gasteiger partial charge is 0.355 e. The van der Waals surface area contributed by atoms with Crippen LogP contribution in [-0.4, -0.2) is 46.1 Å². The summed E-state index contributed by atoms with van der Waals surface area (Å²) in [5.41, 5.74) is 2.48. The van der Waals surface area contributed by atoms with Crippen LogP contribution in [-0.2, 0) is 0 Å². The average molecular weight is 474 g/mol. The molecule has 1 aliphatic carbocycles. The highest BCUT2D eigenvalue weighted by molar-refractivity contribution is 5.94. The molecule has 0 bridgehead atoms. The van der Waals surface area contributed by atoms with Crippen LogP contribution in [0.15, 0.2) is 48.9 Å². The molecule has 1 aromatic carbocycles. The minimum absolute atomic E-state index is 0.243. The van der Waals surface area contributed by atoms with Gasteiger partial charge in [0.1, 0.15) is 29.0 Å². The molecular formula is C26H25F2N7. The number of para-hydroxylation sites is 1. The summed E-state index contributed by atoms with van der Waals surface area (Å²) in [6.07, 6.45) is 8.69. The van der Waals surface area contributed by atoms with Gasteiger partial charge < -0.3 is 15.5 Å². The van der Waals surface area contributed by atoms with E-state index >= 15 is 0 Å². The second-order valence-electron chi connectivity index (χ2n) is 9.01. The quantitative estimate of drug-likeness (QED) is 0.432. The van der Waals surface area contributed by atoms with Crippen molar-refractivity contribution in [1.82, 2.24) is 25.3 Å². The van der Waals surface area contributed by atoms with E-state index in [1.165, 1.54) is 23.8 Å². The van der Waals surface area contributed by atoms with Gasteiger partial charge in [-0.25, -0.2) is 23.7 Å². The van der Waals surface area contributed by atoms with Crippen LogP contribution < -0.4 is 15.5 Å². The molecule has 0 spiro atoms. The molecule has 35 heavy (non-hydrogen) atoms. The lowest BCUT2D eigenvalue weighted by atomic mass is 10.1. The maximum Gasteiger partial charge on any atom is 0.162 e. The molecule has 7 nitrogen and oxygen atoms in total. The number of pyridine rings is 2. The summed E-state index contributed by atoms with van der Waals surface area (Å²) >= 11 is 0. The van der Waals surface area contributed by atoms with Crippen LogP contribution in [0.1, 0.15) is 30.7 Å². The predicted molar refractivity (Wildman–Crippen MR) is 132 cm³/mol. The third-order valence-electron chi connectivity index (χ3n) is 6.51. The van der Waals surface area contributed by atoms with Crippen molar-refractivity contribution in [2.24, 2.45) is 0 Å². The zero-order valence-electron chi connectivity index (χ0n) is 19.1. The van der Waals surface area contributed by atoms with Crippen LogP contribution in [0, 0.1) is 11.6 Å². The first-order chi connectivity index (χ1) is 17.2. The van der Waals surface area contributed by atoms with Gasteiger partial charge >= 0.3 is 0 Å². The van der Waals surface area contributed by atoms with E-state index in [2.05, 4.69) is 25.5 Å². The van der Waals surface area contributed by atoms with E-state index in [-0.39, 0.29) is 5.69 Å². The molecule has 4 aromatic rings. The van der Waals surface area contributed by atoms with E-state index < -0.39 is 11.6 Å². The zero-order chi connectivity index (χ0) is 23.8. The molecular weight excluding hydrogens is 448 g/mol. The lowest BCUT2D eigenvalue weighted by Crippen LogP contribution is -2.29. The summed E-state index contributed by atoms with van der Waals surface area (Å²) in [7, 11) is 0. The first-order valence-electron chi connectivity index (χ1n) is 12.0. The molecule has 1 aliphatic heterocycles. The first kappa shape index (κ1) is 21.8. The monoisotopic (exact) mass is 473 g/mol. The molecule has 0 unspecified atom stereocenters. The van der Waals surface area contributed by atoms with Crippen LogP contribution in [0.5, 0.6) is 0 Å². The normalized spacial score (nSPS) is 16.3. The highest BCUT2D eigenvalue weighted by Gasteiger charge is 2.29. The molecule has 0 amide bonds. The molecule has 1 saturated carbocycles. The molecule has 2 aliphatic rings. The minimum Gasteiger partial charge on any atom is -0.355 e. The van der Waals surface area contributed by atoms with Gasteiger partial charge in [0.2, 0.25) is 0 Å². The molecule has 4 heterocycles. The standard InChI is InChI=1S/C26H25F2N7/c27-19-3-1-4-20(28)24(19)33-22-13-17(7-9-31-22)25-32-21-15-30-14-18(16-5-6-16)23(21)26(34-25)35-11-2-8-29-10-12-35/h1,3-4,7,9,13-16,29H,2,5-6,8,10-12H2,(H,31,33). The molecule has 0 radical (unpaired) electrons. The van der Waals surface area contributed by atoms with Crippen molar-refractivity contribution in [3.05, 3.63) is 66.1 Å². The summed E-state index contributed by atoms with van der Waals surface area (Å²) in [5.74, 6) is 0.894. The molecule has 178 valence electrons. The Morgan fingerprint density at radius 2 is 1.86 bits per heavy atom. The molecule has 6 rings (SSSR count). The third kappa shape index (κ3) is 4.39. The lowest BCUT2D eigenvalue weighted by molar-refractivity contribution is 0.590. The smallest absolute Gasteiger partial charge is 0.162 e. The summed E-state index contributed by atoms with van der Waals surface area (Å²) in [6.45, 7) is 3.63. The van der Waals surface area contributed by atoms with Crippen LogP contribution in [0.2, 0.25) is 0 Å². The van der Waals surface area contributed by atoms with Crippen LogP contribution in [0.3, 0.4) is 0 Å². The topological polar surface area (TPSA) is 78.9 Å². The van der Waals surface area contributed by atoms with Gasteiger partial charge in [0.25, 0.3) is 0 Å². The number of nitrogens with zero attached hydrogens (tertiary/aromatic N) is 5. The maximum absolute atomic E-state index is 14.2. The Balaban J connectivity index is 1.45. The Morgan fingerprint density at radius 1 is 1.00 bits per heavy atom. The summed E-state index contributed by atoms with van der Waals surface area (Å²) < 4.78 is 28.3. The van der Waals surface area contributed by atoms with Gasteiger partial charge in [-0.3, -0.25) is 4.98 Å². The van der Waals surface area contributed by atoms with Crippen molar-refractivity contribution in [3.63, 3.8) is 0 Å². The van der Waals surface area contributed by atoms with Gasteiger partial charge in [-0.1, -0.05) is 6.07 Å². The number of rotatable bonds is 5. The van der Waals surface area contributed by atoms with Crippen molar-refractivity contribution < 1.29 is 8.78 Å². The van der Waals surface area contributed by atoms with E-state index in [0.717, 1.165) is 62.2 Å². The summed E-state index contributed by atoms with van der Waals surface area (Å²) in [4.78, 5) is 21.0. The van der Waals surface area contributed by atoms with Gasteiger partial charge in [-0.05, 0) is 61.6 Å². The Bertz CT molecular complexity index is 1360.